The summed E-state index contributed by atoms with van der Waals surface area (Å²) in [6.45, 7) is 4.43. The fraction of sp³-hybridized carbons (Fsp3) is 0.211. The molecule has 26 heavy (non-hydrogen) atoms. The highest BCUT2D eigenvalue weighted by Gasteiger charge is 2.18. The van der Waals surface area contributed by atoms with E-state index < -0.39 is 5.91 Å². The number of benzene rings is 2. The number of hydrogen-bond donors (Lipinski definition) is 1. The highest BCUT2D eigenvalue weighted by molar-refractivity contribution is 14.1. The zero-order valence-corrected chi connectivity index (χ0v) is 17.2. The van der Waals surface area contributed by atoms with Gasteiger partial charge in [-0.15, -0.1) is 0 Å². The quantitative estimate of drug-likeness (QED) is 0.556. The molecular formula is C19H17ClIN3O2. The number of nitrogens with one attached hydrogen (secondary N) is 1. The van der Waals surface area contributed by atoms with Crippen LogP contribution in [0.3, 0.4) is 0 Å². The summed E-state index contributed by atoms with van der Waals surface area (Å²) in [5.41, 5.74) is 0.512. The number of anilines is 1. The van der Waals surface area contributed by atoms with E-state index in [9.17, 15) is 9.59 Å². The lowest BCUT2D eigenvalue weighted by Gasteiger charge is -2.13. The normalized spacial score (nSPS) is 11.1. The summed E-state index contributed by atoms with van der Waals surface area (Å²) in [5.74, 6) is -0.176. The van der Waals surface area contributed by atoms with Crippen molar-refractivity contribution < 1.29 is 4.79 Å². The van der Waals surface area contributed by atoms with Gasteiger partial charge in [-0.3, -0.25) is 9.59 Å². The number of hydrogen-bond acceptors (Lipinski definition) is 3. The second kappa shape index (κ2) is 7.75. The van der Waals surface area contributed by atoms with E-state index in [-0.39, 0.29) is 17.2 Å². The summed E-state index contributed by atoms with van der Waals surface area (Å²) in [4.78, 5) is 25.5. The smallest absolute Gasteiger partial charge is 0.276 e. The average molecular weight is 482 g/mol. The molecule has 0 unspecified atom stereocenters. The molecule has 0 aliphatic heterocycles. The summed E-state index contributed by atoms with van der Waals surface area (Å²) in [5, 5.41) is 8.57. The van der Waals surface area contributed by atoms with E-state index in [0.29, 0.717) is 28.0 Å². The first-order valence-electron chi connectivity index (χ1n) is 8.13. The van der Waals surface area contributed by atoms with Gasteiger partial charge in [0.25, 0.3) is 11.5 Å². The van der Waals surface area contributed by atoms with Crippen LogP contribution in [0, 0.1) is 9.49 Å². The van der Waals surface area contributed by atoms with Gasteiger partial charge in [0.1, 0.15) is 0 Å². The zero-order valence-electron chi connectivity index (χ0n) is 14.3. The van der Waals surface area contributed by atoms with Crippen LogP contribution in [0.15, 0.2) is 47.3 Å². The van der Waals surface area contributed by atoms with Crippen molar-refractivity contribution in [2.75, 3.05) is 5.32 Å². The topological polar surface area (TPSA) is 64.0 Å². The third kappa shape index (κ3) is 3.91. The Balaban J connectivity index is 2.09. The lowest BCUT2D eigenvalue weighted by molar-refractivity contribution is 0.102. The van der Waals surface area contributed by atoms with Crippen LogP contribution in [0.2, 0.25) is 5.02 Å². The number of halogens is 2. The van der Waals surface area contributed by atoms with Crippen LogP contribution in [-0.4, -0.2) is 15.7 Å². The van der Waals surface area contributed by atoms with Crippen molar-refractivity contribution in [1.82, 2.24) is 9.78 Å². The summed E-state index contributed by atoms with van der Waals surface area (Å²) in [6, 6.07) is 12.4. The zero-order chi connectivity index (χ0) is 18.8. The summed E-state index contributed by atoms with van der Waals surface area (Å²) >= 11 is 8.36. The molecule has 0 saturated carbocycles. The van der Waals surface area contributed by atoms with Gasteiger partial charge in [0.2, 0.25) is 0 Å². The molecule has 3 rings (SSSR count). The molecular weight excluding hydrogens is 465 g/mol. The lowest BCUT2D eigenvalue weighted by atomic mass is 10.1. The summed E-state index contributed by atoms with van der Waals surface area (Å²) < 4.78 is 2.33. The van der Waals surface area contributed by atoms with Crippen LogP contribution in [0.1, 0.15) is 24.3 Å². The van der Waals surface area contributed by atoms with Crippen LogP contribution >= 0.6 is 34.2 Å². The number of amides is 1. The first-order chi connectivity index (χ1) is 12.4. The fourth-order valence-electron chi connectivity index (χ4n) is 2.64. The van der Waals surface area contributed by atoms with Gasteiger partial charge in [0, 0.05) is 15.5 Å². The molecule has 0 aliphatic rings. The standard InChI is InChI=1S/C19H17ClIN3O2/c1-11(2)10-24-19(26)14-6-4-3-5-13(14)17(23-24)18(25)22-16-8-7-12(21)9-15(16)20/h3-9,11H,10H2,1-2H3,(H,22,25). The lowest BCUT2D eigenvalue weighted by Crippen LogP contribution is -2.29. The molecule has 3 aromatic rings. The molecule has 0 atom stereocenters. The number of rotatable bonds is 4. The van der Waals surface area contributed by atoms with Crippen LogP contribution in [0.4, 0.5) is 5.69 Å². The predicted molar refractivity (Wildman–Crippen MR) is 113 cm³/mol. The molecule has 1 heterocycles. The Morgan fingerprint density at radius 3 is 2.58 bits per heavy atom. The van der Waals surface area contributed by atoms with Gasteiger partial charge in [-0.1, -0.05) is 43.6 Å². The minimum Gasteiger partial charge on any atom is -0.319 e. The van der Waals surface area contributed by atoms with Crippen molar-refractivity contribution >= 4 is 56.6 Å². The van der Waals surface area contributed by atoms with Gasteiger partial charge in [-0.2, -0.15) is 5.10 Å². The van der Waals surface area contributed by atoms with E-state index in [0.717, 1.165) is 3.57 Å². The molecule has 5 nitrogen and oxygen atoms in total. The van der Waals surface area contributed by atoms with E-state index in [1.165, 1.54) is 4.68 Å². The van der Waals surface area contributed by atoms with Crippen molar-refractivity contribution in [1.29, 1.82) is 0 Å². The number of fused-ring (bicyclic) bond motifs is 1. The highest BCUT2D eigenvalue weighted by atomic mass is 127. The maximum Gasteiger partial charge on any atom is 0.276 e. The van der Waals surface area contributed by atoms with Gasteiger partial charge < -0.3 is 5.32 Å². The molecule has 0 spiro atoms. The van der Waals surface area contributed by atoms with Gasteiger partial charge in [0.15, 0.2) is 5.69 Å². The van der Waals surface area contributed by atoms with Gasteiger partial charge in [-0.25, -0.2) is 4.68 Å². The Kier molecular flexibility index (Phi) is 5.62. The molecule has 0 aliphatic carbocycles. The van der Waals surface area contributed by atoms with Crippen LogP contribution < -0.4 is 10.9 Å². The minimum absolute atomic E-state index is 0.196. The van der Waals surface area contributed by atoms with Crippen LogP contribution in [-0.2, 0) is 6.54 Å². The predicted octanol–water partition coefficient (Wildman–Crippen LogP) is 4.56. The van der Waals surface area contributed by atoms with E-state index in [1.54, 1.807) is 36.4 Å². The van der Waals surface area contributed by atoms with Gasteiger partial charge >= 0.3 is 0 Å². The monoisotopic (exact) mass is 481 g/mol. The van der Waals surface area contributed by atoms with Crippen molar-refractivity contribution in [3.63, 3.8) is 0 Å². The van der Waals surface area contributed by atoms with Crippen molar-refractivity contribution in [3.8, 4) is 0 Å². The van der Waals surface area contributed by atoms with E-state index in [4.69, 9.17) is 11.6 Å². The van der Waals surface area contributed by atoms with Gasteiger partial charge in [-0.05, 0) is 52.8 Å². The highest BCUT2D eigenvalue weighted by Crippen LogP contribution is 2.25. The van der Waals surface area contributed by atoms with Crippen LogP contribution in [0.25, 0.3) is 10.8 Å². The van der Waals surface area contributed by atoms with Crippen molar-refractivity contribution in [2.45, 2.75) is 20.4 Å². The third-order valence-electron chi connectivity index (χ3n) is 3.80. The van der Waals surface area contributed by atoms with Gasteiger partial charge in [0.05, 0.1) is 16.1 Å². The average Bonchev–Trinajstić information content (AvgIpc) is 2.59. The minimum atomic E-state index is -0.401. The summed E-state index contributed by atoms with van der Waals surface area (Å²) in [7, 11) is 0. The Labute approximate surface area is 169 Å². The molecule has 0 saturated heterocycles. The second-order valence-corrected chi connectivity index (χ2v) is 8.01. The first kappa shape index (κ1) is 18.8. The molecule has 2 aromatic carbocycles. The second-order valence-electron chi connectivity index (χ2n) is 6.35. The van der Waals surface area contributed by atoms with E-state index >= 15 is 0 Å². The molecule has 0 radical (unpaired) electrons. The third-order valence-corrected chi connectivity index (χ3v) is 4.78. The Bertz CT molecular complexity index is 1050. The van der Waals surface area contributed by atoms with Crippen molar-refractivity contribution in [2.24, 2.45) is 5.92 Å². The van der Waals surface area contributed by atoms with E-state index in [1.807, 2.05) is 19.9 Å². The molecule has 1 N–H and O–H groups in total. The Morgan fingerprint density at radius 1 is 1.23 bits per heavy atom. The number of nitrogens with zero attached hydrogens (tertiary/aromatic N) is 2. The maximum absolute atomic E-state index is 12.9. The Morgan fingerprint density at radius 2 is 1.92 bits per heavy atom. The Hall–Kier alpha value is -1.93. The molecule has 1 amide bonds. The molecule has 0 bridgehead atoms. The maximum atomic E-state index is 12.9. The van der Waals surface area contributed by atoms with E-state index in [2.05, 4.69) is 33.0 Å². The SMILES string of the molecule is CC(C)Cn1nc(C(=O)Nc2ccc(I)cc2Cl)c2ccccc2c1=O. The van der Waals surface area contributed by atoms with Crippen LogP contribution in [0.5, 0.6) is 0 Å². The van der Waals surface area contributed by atoms with Crippen molar-refractivity contribution in [3.05, 3.63) is 67.1 Å². The largest absolute Gasteiger partial charge is 0.319 e. The fourth-order valence-corrected chi connectivity index (χ4v) is 3.55. The number of aromatic nitrogens is 2. The molecule has 0 fully saturated rings. The molecule has 134 valence electrons. The molecule has 7 heteroatoms. The molecule has 1 aromatic heterocycles. The number of carbonyl (C=O) groups excluding carboxylic acids is 1. The first-order valence-corrected chi connectivity index (χ1v) is 9.58. The summed E-state index contributed by atoms with van der Waals surface area (Å²) in [6.07, 6.45) is 0. The number of carbonyl (C=O) groups is 1.